The lowest BCUT2D eigenvalue weighted by molar-refractivity contribution is 0.0575. The number of fused-ring (bicyclic) bond motifs is 3. The Labute approximate surface area is 212 Å². The number of aromatic nitrogens is 2. The smallest absolute Gasteiger partial charge is 0.325 e. The number of carbonyl (C=O) groups is 2. The lowest BCUT2D eigenvalue weighted by atomic mass is 9.82. The number of allylic oxidation sites excluding steroid dienone is 1. The molecule has 4 heterocycles. The number of hydrogen-bond acceptors (Lipinski definition) is 5. The van der Waals surface area contributed by atoms with E-state index in [9.17, 15) is 9.59 Å². The third-order valence-electron chi connectivity index (χ3n) is 8.03. The van der Waals surface area contributed by atoms with Crippen LogP contribution in [0.3, 0.4) is 0 Å². The van der Waals surface area contributed by atoms with Crippen molar-refractivity contribution in [1.29, 1.82) is 0 Å². The highest BCUT2D eigenvalue weighted by Crippen LogP contribution is 2.49. The summed E-state index contributed by atoms with van der Waals surface area (Å²) >= 11 is 0. The molecule has 1 aromatic carbocycles. The van der Waals surface area contributed by atoms with Gasteiger partial charge in [0.25, 0.3) is 5.91 Å². The van der Waals surface area contributed by atoms with Crippen LogP contribution in [0.4, 0.5) is 4.79 Å². The molecule has 2 aromatic rings. The fourth-order valence-electron chi connectivity index (χ4n) is 6.32. The van der Waals surface area contributed by atoms with Gasteiger partial charge in [-0.2, -0.15) is 5.10 Å². The molecule has 2 saturated heterocycles. The Morgan fingerprint density at radius 1 is 1.19 bits per heavy atom. The van der Waals surface area contributed by atoms with E-state index >= 15 is 0 Å². The standard InChI is InChI=1S/C27H35N5O4/c1-7-32-26(34)31-15-19-13-20(35-5)14-22(36-6)24(19)17(2)12-23(31)27(32)8-10-30(11-9-27)25(33)21-16-29(4)28-18(21)3/h12-14,16-17H,7-11,15H2,1-6H3. The number of aryl methyl sites for hydroxylation is 2. The van der Waals surface area contributed by atoms with E-state index < -0.39 is 5.54 Å². The zero-order valence-electron chi connectivity index (χ0n) is 22.0. The number of nitrogens with zero attached hydrogens (tertiary/aromatic N) is 5. The Morgan fingerprint density at radius 3 is 2.50 bits per heavy atom. The summed E-state index contributed by atoms with van der Waals surface area (Å²) in [5, 5.41) is 4.33. The SMILES string of the molecule is CCN1C(=O)N2Cc3cc(OC)cc(OC)c3C(C)C=C2C12CCN(C(=O)c1cn(C)nc1C)CC2. The molecule has 9 nitrogen and oxygen atoms in total. The zero-order valence-corrected chi connectivity index (χ0v) is 22.0. The van der Waals surface area contributed by atoms with Gasteiger partial charge < -0.3 is 19.3 Å². The van der Waals surface area contributed by atoms with Crippen LogP contribution in [0, 0.1) is 6.92 Å². The first-order valence-electron chi connectivity index (χ1n) is 12.6. The van der Waals surface area contributed by atoms with Gasteiger partial charge in [-0.25, -0.2) is 4.79 Å². The lowest BCUT2D eigenvalue weighted by Gasteiger charge is -2.44. The van der Waals surface area contributed by atoms with Crippen LogP contribution in [0.15, 0.2) is 30.1 Å². The van der Waals surface area contributed by atoms with Gasteiger partial charge in [-0.1, -0.05) is 13.0 Å². The highest BCUT2D eigenvalue weighted by atomic mass is 16.5. The molecule has 0 saturated carbocycles. The molecular weight excluding hydrogens is 458 g/mol. The number of ether oxygens (including phenoxy) is 2. The quantitative estimate of drug-likeness (QED) is 0.649. The van der Waals surface area contributed by atoms with Crippen molar-refractivity contribution in [2.75, 3.05) is 33.9 Å². The van der Waals surface area contributed by atoms with Crippen LogP contribution in [-0.2, 0) is 13.6 Å². The van der Waals surface area contributed by atoms with Crippen LogP contribution >= 0.6 is 0 Å². The van der Waals surface area contributed by atoms with Crippen LogP contribution in [0.1, 0.15) is 59.8 Å². The average Bonchev–Trinajstić information content (AvgIpc) is 3.24. The Bertz CT molecular complexity index is 1240. The minimum Gasteiger partial charge on any atom is -0.497 e. The van der Waals surface area contributed by atoms with Gasteiger partial charge in [0.2, 0.25) is 0 Å². The molecule has 1 unspecified atom stereocenters. The summed E-state index contributed by atoms with van der Waals surface area (Å²) in [6.45, 7) is 8.30. The van der Waals surface area contributed by atoms with Crippen LogP contribution < -0.4 is 9.47 Å². The third-order valence-corrected chi connectivity index (χ3v) is 8.03. The molecule has 2 fully saturated rings. The molecule has 1 spiro atoms. The molecular formula is C27H35N5O4. The topological polar surface area (TPSA) is 80.1 Å². The summed E-state index contributed by atoms with van der Waals surface area (Å²) in [6.07, 6.45) is 5.42. The monoisotopic (exact) mass is 493 g/mol. The molecule has 9 heteroatoms. The van der Waals surface area contributed by atoms with Crippen LogP contribution in [-0.4, -0.2) is 75.8 Å². The normalized spacial score (nSPS) is 20.7. The van der Waals surface area contributed by atoms with Gasteiger partial charge in [0, 0.05) is 56.1 Å². The summed E-state index contributed by atoms with van der Waals surface area (Å²) in [7, 11) is 5.14. The van der Waals surface area contributed by atoms with Crippen molar-refractivity contribution in [2.45, 2.75) is 51.6 Å². The first kappa shape index (κ1) is 24.2. The second kappa shape index (κ2) is 8.87. The maximum Gasteiger partial charge on any atom is 0.325 e. The number of amides is 3. The number of likely N-dealkylation sites (tertiary alicyclic amines) is 1. The van der Waals surface area contributed by atoms with Crippen molar-refractivity contribution in [2.24, 2.45) is 7.05 Å². The molecule has 3 aliphatic rings. The van der Waals surface area contributed by atoms with E-state index in [1.807, 2.05) is 47.7 Å². The third kappa shape index (κ3) is 3.55. The number of carbonyl (C=O) groups excluding carboxylic acids is 2. The maximum atomic E-state index is 13.8. The summed E-state index contributed by atoms with van der Waals surface area (Å²) in [5.41, 5.74) is 4.12. The van der Waals surface area contributed by atoms with Crippen LogP contribution in [0.25, 0.3) is 0 Å². The van der Waals surface area contributed by atoms with Gasteiger partial charge in [0.15, 0.2) is 0 Å². The first-order valence-corrected chi connectivity index (χ1v) is 12.6. The number of likely N-dealkylation sites (N-methyl/N-ethyl adjacent to an activating group) is 1. The molecule has 192 valence electrons. The number of piperidine rings is 1. The minimum atomic E-state index is -0.430. The van der Waals surface area contributed by atoms with E-state index in [-0.39, 0.29) is 17.9 Å². The Kier molecular flexibility index (Phi) is 5.97. The molecule has 5 rings (SSSR count). The van der Waals surface area contributed by atoms with E-state index in [2.05, 4.69) is 18.1 Å². The number of hydrogen-bond donors (Lipinski definition) is 0. The number of methoxy groups -OCH3 is 2. The molecule has 3 amide bonds. The summed E-state index contributed by atoms with van der Waals surface area (Å²) in [5.74, 6) is 1.55. The van der Waals surface area contributed by atoms with Crippen molar-refractivity contribution in [3.8, 4) is 11.5 Å². The first-order chi connectivity index (χ1) is 17.2. The highest BCUT2D eigenvalue weighted by molar-refractivity contribution is 5.95. The fourth-order valence-corrected chi connectivity index (χ4v) is 6.32. The van der Waals surface area contributed by atoms with Gasteiger partial charge in [-0.3, -0.25) is 14.4 Å². The van der Waals surface area contributed by atoms with Gasteiger partial charge >= 0.3 is 6.03 Å². The van der Waals surface area contributed by atoms with E-state index in [4.69, 9.17) is 9.47 Å². The summed E-state index contributed by atoms with van der Waals surface area (Å²) < 4.78 is 12.9. The number of urea groups is 1. The predicted octanol–water partition coefficient (Wildman–Crippen LogP) is 3.68. The van der Waals surface area contributed by atoms with Gasteiger partial charge in [0.05, 0.1) is 37.6 Å². The van der Waals surface area contributed by atoms with Gasteiger partial charge in [0.1, 0.15) is 11.5 Å². The second-order valence-electron chi connectivity index (χ2n) is 9.98. The fraction of sp³-hybridized carbons (Fsp3) is 0.519. The van der Waals surface area contributed by atoms with Gasteiger partial charge in [-0.15, -0.1) is 0 Å². The molecule has 3 aliphatic heterocycles. The zero-order chi connectivity index (χ0) is 25.8. The van der Waals surface area contributed by atoms with Crippen molar-refractivity contribution < 1.29 is 19.1 Å². The Hall–Kier alpha value is -3.49. The molecule has 1 aromatic heterocycles. The summed E-state index contributed by atoms with van der Waals surface area (Å²) in [4.78, 5) is 32.9. The largest absolute Gasteiger partial charge is 0.497 e. The van der Waals surface area contributed by atoms with Crippen molar-refractivity contribution in [1.82, 2.24) is 24.5 Å². The molecule has 0 bridgehead atoms. The average molecular weight is 494 g/mol. The Morgan fingerprint density at radius 2 is 1.92 bits per heavy atom. The lowest BCUT2D eigenvalue weighted by Crippen LogP contribution is -2.54. The van der Waals surface area contributed by atoms with Crippen molar-refractivity contribution in [3.05, 3.63) is 52.5 Å². The van der Waals surface area contributed by atoms with Crippen molar-refractivity contribution >= 4 is 11.9 Å². The van der Waals surface area contributed by atoms with Gasteiger partial charge in [-0.05, 0) is 38.3 Å². The van der Waals surface area contributed by atoms with Crippen LogP contribution in [0.2, 0.25) is 0 Å². The highest BCUT2D eigenvalue weighted by Gasteiger charge is 2.55. The van der Waals surface area contributed by atoms with E-state index in [1.165, 1.54) is 0 Å². The molecule has 0 aliphatic carbocycles. The number of benzene rings is 1. The van der Waals surface area contributed by atoms with E-state index in [0.717, 1.165) is 28.3 Å². The second-order valence-corrected chi connectivity index (χ2v) is 9.98. The summed E-state index contributed by atoms with van der Waals surface area (Å²) in [6, 6.07) is 3.94. The maximum absolute atomic E-state index is 13.8. The van der Waals surface area contributed by atoms with E-state index in [1.54, 1.807) is 25.1 Å². The molecule has 36 heavy (non-hydrogen) atoms. The Balaban J connectivity index is 1.49. The minimum absolute atomic E-state index is 0.00660. The van der Waals surface area contributed by atoms with Crippen LogP contribution in [0.5, 0.6) is 11.5 Å². The molecule has 1 atom stereocenters. The van der Waals surface area contributed by atoms with Crippen molar-refractivity contribution in [3.63, 3.8) is 0 Å². The molecule has 0 N–H and O–H groups in total. The predicted molar refractivity (Wildman–Crippen MR) is 135 cm³/mol. The van der Waals surface area contributed by atoms with E-state index in [0.29, 0.717) is 50.3 Å². The number of rotatable bonds is 4. The molecule has 0 radical (unpaired) electrons.